The van der Waals surface area contributed by atoms with Crippen molar-refractivity contribution in [3.05, 3.63) is 70.7 Å². The predicted octanol–water partition coefficient (Wildman–Crippen LogP) is 4.20. The van der Waals surface area contributed by atoms with E-state index < -0.39 is 28.0 Å². The van der Waals surface area contributed by atoms with Crippen LogP contribution < -0.4 is 9.62 Å². The molecule has 3 rings (SSSR count). The minimum Gasteiger partial charge on any atom is -0.449 e. The molecule has 2 aromatic carbocycles. The van der Waals surface area contributed by atoms with Crippen LogP contribution >= 0.6 is 23.2 Å². The van der Waals surface area contributed by atoms with Crippen molar-refractivity contribution in [3.8, 4) is 0 Å². The first-order valence-electron chi connectivity index (χ1n) is 9.83. The number of sulfonamides is 1. The summed E-state index contributed by atoms with van der Waals surface area (Å²) in [6.45, 7) is 5.04. The average molecular weight is 497 g/mol. The zero-order valence-corrected chi connectivity index (χ0v) is 19.6. The maximum absolute atomic E-state index is 13.4. The smallest absolute Gasteiger partial charge is 0.338 e. The van der Waals surface area contributed by atoms with E-state index >= 15 is 0 Å². The Balaban J connectivity index is 1.88. The molecule has 170 valence electrons. The molecule has 7 nitrogen and oxygen atoms in total. The molecule has 1 amide bonds. The second-order valence-electron chi connectivity index (χ2n) is 7.28. The van der Waals surface area contributed by atoms with Crippen LogP contribution in [0.2, 0.25) is 10.0 Å². The standard InChI is InChI=1S/C22H22Cl2N2O5S/c1-3-12-26(18-9-5-16(23)6-10-18)32(29,30)20-13-15(4-11-19(20)24)22(28)31-14(2)21(27)25-17-7-8-17/h3-6,9-11,13-14,17H,1,7-8,12H2,2H3,(H,25,27). The predicted molar refractivity (Wildman–Crippen MR) is 124 cm³/mol. The Morgan fingerprint density at radius 3 is 2.47 bits per heavy atom. The molecule has 0 spiro atoms. The fraction of sp³-hybridized carbons (Fsp3) is 0.273. The highest BCUT2D eigenvalue weighted by molar-refractivity contribution is 7.93. The first-order valence-corrected chi connectivity index (χ1v) is 12.0. The number of hydrogen-bond acceptors (Lipinski definition) is 5. The van der Waals surface area contributed by atoms with Crippen LogP contribution in [0.1, 0.15) is 30.1 Å². The Bertz CT molecular complexity index is 1130. The van der Waals surface area contributed by atoms with Gasteiger partial charge in [-0.25, -0.2) is 13.2 Å². The lowest BCUT2D eigenvalue weighted by Gasteiger charge is -2.24. The molecule has 0 saturated heterocycles. The number of amides is 1. The highest BCUT2D eigenvalue weighted by Gasteiger charge is 2.30. The lowest BCUT2D eigenvalue weighted by atomic mass is 10.2. The number of benzene rings is 2. The fourth-order valence-corrected chi connectivity index (χ4v) is 4.91. The molecule has 1 N–H and O–H groups in total. The van der Waals surface area contributed by atoms with Gasteiger partial charge in [0.05, 0.1) is 22.8 Å². The summed E-state index contributed by atoms with van der Waals surface area (Å²) in [4.78, 5) is 24.3. The molecular weight excluding hydrogens is 475 g/mol. The number of ether oxygens (including phenoxy) is 1. The molecule has 0 bridgehead atoms. The van der Waals surface area contributed by atoms with Gasteiger partial charge in [-0.15, -0.1) is 6.58 Å². The Hall–Kier alpha value is -2.55. The molecule has 10 heteroatoms. The summed E-state index contributed by atoms with van der Waals surface area (Å²) in [6, 6.07) is 10.1. The van der Waals surface area contributed by atoms with Crippen LogP contribution in [0.5, 0.6) is 0 Å². The zero-order valence-electron chi connectivity index (χ0n) is 17.3. The highest BCUT2D eigenvalue weighted by atomic mass is 35.5. The SMILES string of the molecule is C=CCN(c1ccc(Cl)cc1)S(=O)(=O)c1cc(C(=O)OC(C)C(=O)NC2CC2)ccc1Cl. The van der Waals surface area contributed by atoms with Gasteiger partial charge in [0, 0.05) is 11.1 Å². The Morgan fingerprint density at radius 2 is 1.88 bits per heavy atom. The molecule has 0 aliphatic heterocycles. The summed E-state index contributed by atoms with van der Waals surface area (Å²) in [7, 11) is -4.17. The lowest BCUT2D eigenvalue weighted by Crippen LogP contribution is -2.37. The third kappa shape index (κ3) is 5.62. The van der Waals surface area contributed by atoms with Gasteiger partial charge in [-0.1, -0.05) is 29.3 Å². The summed E-state index contributed by atoms with van der Waals surface area (Å²) in [5.41, 5.74) is 0.303. The molecule has 1 aliphatic carbocycles. The van der Waals surface area contributed by atoms with Gasteiger partial charge in [-0.05, 0) is 62.2 Å². The van der Waals surface area contributed by atoms with E-state index in [9.17, 15) is 18.0 Å². The van der Waals surface area contributed by atoms with Gasteiger partial charge >= 0.3 is 5.97 Å². The second kappa shape index (κ2) is 9.94. The molecule has 1 unspecified atom stereocenters. The van der Waals surface area contributed by atoms with E-state index in [1.54, 1.807) is 24.3 Å². The maximum Gasteiger partial charge on any atom is 0.338 e. The van der Waals surface area contributed by atoms with Gasteiger partial charge in [-0.3, -0.25) is 9.10 Å². The Kier molecular flexibility index (Phi) is 7.48. The van der Waals surface area contributed by atoms with Crippen LogP contribution in [-0.4, -0.2) is 39.0 Å². The number of nitrogens with one attached hydrogen (secondary N) is 1. The van der Waals surface area contributed by atoms with Gasteiger partial charge in [0.25, 0.3) is 15.9 Å². The van der Waals surface area contributed by atoms with Crippen LogP contribution in [0.15, 0.2) is 60.0 Å². The van der Waals surface area contributed by atoms with Gasteiger partial charge < -0.3 is 10.1 Å². The molecule has 0 aromatic heterocycles. The summed E-state index contributed by atoms with van der Waals surface area (Å²) in [5.74, 6) is -1.24. The third-order valence-corrected chi connectivity index (χ3v) is 7.25. The Morgan fingerprint density at radius 1 is 1.22 bits per heavy atom. The molecule has 1 saturated carbocycles. The number of rotatable bonds is 9. The summed E-state index contributed by atoms with van der Waals surface area (Å²) in [5, 5.41) is 3.13. The normalized spacial score (nSPS) is 14.3. The third-order valence-electron chi connectivity index (χ3n) is 4.72. The van der Waals surface area contributed by atoms with Crippen LogP contribution in [0.25, 0.3) is 0 Å². The second-order valence-corrected chi connectivity index (χ2v) is 9.95. The molecule has 1 atom stereocenters. The molecule has 0 heterocycles. The van der Waals surface area contributed by atoms with Crippen LogP contribution in [0.4, 0.5) is 5.69 Å². The Labute approximate surface area is 197 Å². The van der Waals surface area contributed by atoms with Gasteiger partial charge in [0.1, 0.15) is 4.90 Å². The van der Waals surface area contributed by atoms with E-state index in [0.717, 1.165) is 23.2 Å². The number of halogens is 2. The van der Waals surface area contributed by atoms with Crippen molar-refractivity contribution in [3.63, 3.8) is 0 Å². The highest BCUT2D eigenvalue weighted by Crippen LogP contribution is 2.30. The molecule has 32 heavy (non-hydrogen) atoms. The summed E-state index contributed by atoms with van der Waals surface area (Å²) < 4.78 is 33.1. The van der Waals surface area contributed by atoms with E-state index in [-0.39, 0.29) is 28.1 Å². The quantitative estimate of drug-likeness (QED) is 0.414. The number of carbonyl (C=O) groups is 2. The van der Waals surface area contributed by atoms with Crippen LogP contribution in [0, 0.1) is 0 Å². The lowest BCUT2D eigenvalue weighted by molar-refractivity contribution is -0.129. The van der Waals surface area contributed by atoms with E-state index in [0.29, 0.717) is 10.7 Å². The van der Waals surface area contributed by atoms with Crippen molar-refractivity contribution in [2.45, 2.75) is 36.8 Å². The van der Waals surface area contributed by atoms with Crippen molar-refractivity contribution in [1.29, 1.82) is 0 Å². The molecule has 1 fully saturated rings. The van der Waals surface area contributed by atoms with Crippen molar-refractivity contribution in [1.82, 2.24) is 5.32 Å². The van der Waals surface area contributed by atoms with Crippen LogP contribution in [0.3, 0.4) is 0 Å². The number of esters is 1. The largest absolute Gasteiger partial charge is 0.449 e. The first-order chi connectivity index (χ1) is 15.1. The molecular formula is C22H22Cl2N2O5S. The molecule has 2 aromatic rings. The fourth-order valence-electron chi connectivity index (χ4n) is 2.84. The topological polar surface area (TPSA) is 92.8 Å². The number of nitrogens with zero attached hydrogens (tertiary/aromatic N) is 1. The number of anilines is 1. The number of hydrogen-bond donors (Lipinski definition) is 1. The van der Waals surface area contributed by atoms with Gasteiger partial charge in [0.2, 0.25) is 0 Å². The van der Waals surface area contributed by atoms with E-state index in [1.807, 2.05) is 0 Å². The molecule has 0 radical (unpaired) electrons. The summed E-state index contributed by atoms with van der Waals surface area (Å²) >= 11 is 12.1. The van der Waals surface area contributed by atoms with E-state index in [2.05, 4.69) is 11.9 Å². The van der Waals surface area contributed by atoms with Crippen molar-refractivity contribution in [2.24, 2.45) is 0 Å². The van der Waals surface area contributed by atoms with Crippen molar-refractivity contribution < 1.29 is 22.7 Å². The van der Waals surface area contributed by atoms with E-state index in [1.165, 1.54) is 25.1 Å². The van der Waals surface area contributed by atoms with Gasteiger partial charge in [0.15, 0.2) is 6.10 Å². The minimum atomic E-state index is -4.17. The van der Waals surface area contributed by atoms with E-state index in [4.69, 9.17) is 27.9 Å². The molecule has 1 aliphatic rings. The zero-order chi connectivity index (χ0) is 23.5. The average Bonchev–Trinajstić information content (AvgIpc) is 3.56. The monoisotopic (exact) mass is 496 g/mol. The van der Waals surface area contributed by atoms with Crippen molar-refractivity contribution in [2.75, 3.05) is 10.8 Å². The first kappa shape index (κ1) is 24.1. The van der Waals surface area contributed by atoms with Crippen LogP contribution in [-0.2, 0) is 19.6 Å². The number of carbonyl (C=O) groups excluding carboxylic acids is 2. The minimum absolute atomic E-state index is 0.0344. The van der Waals surface area contributed by atoms with Gasteiger partial charge in [-0.2, -0.15) is 0 Å². The maximum atomic E-state index is 13.4. The van der Waals surface area contributed by atoms with Crippen molar-refractivity contribution >= 4 is 50.8 Å². The summed E-state index contributed by atoms with van der Waals surface area (Å²) in [6.07, 6.45) is 2.21.